The van der Waals surface area contributed by atoms with Crippen molar-refractivity contribution in [1.82, 2.24) is 0 Å². The van der Waals surface area contributed by atoms with Crippen molar-refractivity contribution in [1.29, 1.82) is 0 Å². The van der Waals surface area contributed by atoms with Gasteiger partial charge in [-0.3, -0.25) is 4.79 Å². The third kappa shape index (κ3) is 5.00. The van der Waals surface area contributed by atoms with Crippen LogP contribution in [0.25, 0.3) is 0 Å². The van der Waals surface area contributed by atoms with Crippen LogP contribution in [0.2, 0.25) is 5.02 Å². The lowest BCUT2D eigenvalue weighted by Gasteiger charge is -2.11. The Morgan fingerprint density at radius 2 is 1.96 bits per heavy atom. The van der Waals surface area contributed by atoms with E-state index in [2.05, 4.69) is 18.3 Å². The minimum Gasteiger partial charge on any atom is -0.493 e. The van der Waals surface area contributed by atoms with Crippen LogP contribution in [0.4, 0.5) is 5.69 Å². The third-order valence-corrected chi connectivity index (χ3v) is 4.09. The van der Waals surface area contributed by atoms with E-state index in [0.717, 1.165) is 22.6 Å². The van der Waals surface area contributed by atoms with E-state index in [9.17, 15) is 4.79 Å². The minimum atomic E-state index is -0.0282. The van der Waals surface area contributed by atoms with Crippen LogP contribution < -0.4 is 10.1 Å². The number of halogens is 1. The summed E-state index contributed by atoms with van der Waals surface area (Å²) in [6.45, 7) is 6.49. The Morgan fingerprint density at radius 3 is 2.70 bits per heavy atom. The van der Waals surface area contributed by atoms with Gasteiger partial charge in [0.05, 0.1) is 6.61 Å². The molecule has 2 aromatic carbocycles. The number of benzene rings is 2. The number of ether oxygens (including phenoxy) is 1. The summed E-state index contributed by atoms with van der Waals surface area (Å²) in [6.07, 6.45) is 1.08. The summed E-state index contributed by atoms with van der Waals surface area (Å²) in [5.41, 5.74) is 3.97. The van der Waals surface area contributed by atoms with Crippen molar-refractivity contribution in [2.75, 3.05) is 11.9 Å². The van der Waals surface area contributed by atoms with Gasteiger partial charge in [0.15, 0.2) is 0 Å². The van der Waals surface area contributed by atoms with Crippen molar-refractivity contribution >= 4 is 23.2 Å². The molecule has 3 nitrogen and oxygen atoms in total. The van der Waals surface area contributed by atoms with Crippen LogP contribution in [0, 0.1) is 20.8 Å². The van der Waals surface area contributed by atoms with Gasteiger partial charge in [0.1, 0.15) is 5.75 Å². The number of amides is 1. The van der Waals surface area contributed by atoms with E-state index < -0.39 is 0 Å². The van der Waals surface area contributed by atoms with Gasteiger partial charge in [-0.25, -0.2) is 0 Å². The number of rotatable bonds is 6. The SMILES string of the molecule is Cc1ccc(OCCCC(=O)Nc2cccc(Cl)c2C)c(C)c1. The molecule has 0 aliphatic carbocycles. The summed E-state index contributed by atoms with van der Waals surface area (Å²) < 4.78 is 5.73. The summed E-state index contributed by atoms with van der Waals surface area (Å²) >= 11 is 6.05. The normalized spacial score (nSPS) is 10.4. The maximum atomic E-state index is 12.0. The van der Waals surface area contributed by atoms with E-state index in [1.807, 2.05) is 44.2 Å². The number of carbonyl (C=O) groups excluding carboxylic acids is 1. The summed E-state index contributed by atoms with van der Waals surface area (Å²) in [5, 5.41) is 3.54. The average molecular weight is 332 g/mol. The van der Waals surface area contributed by atoms with Gasteiger partial charge in [0, 0.05) is 17.1 Å². The average Bonchev–Trinajstić information content (AvgIpc) is 2.50. The molecule has 0 aliphatic heterocycles. The second kappa shape index (κ2) is 8.02. The molecule has 1 N–H and O–H groups in total. The second-order valence-electron chi connectivity index (χ2n) is 5.68. The Bertz CT molecular complexity index is 698. The van der Waals surface area contributed by atoms with Gasteiger partial charge >= 0.3 is 0 Å². The Hall–Kier alpha value is -2.00. The van der Waals surface area contributed by atoms with Crippen molar-refractivity contribution in [3.05, 3.63) is 58.1 Å². The van der Waals surface area contributed by atoms with Crippen molar-refractivity contribution in [3.8, 4) is 5.75 Å². The first-order valence-electron chi connectivity index (χ1n) is 7.72. The molecule has 0 aliphatic rings. The molecule has 2 aromatic rings. The summed E-state index contributed by atoms with van der Waals surface area (Å²) in [6, 6.07) is 11.6. The zero-order chi connectivity index (χ0) is 16.8. The van der Waals surface area contributed by atoms with Crippen molar-refractivity contribution < 1.29 is 9.53 Å². The molecule has 0 radical (unpaired) electrons. The van der Waals surface area contributed by atoms with Crippen molar-refractivity contribution in [2.45, 2.75) is 33.6 Å². The first-order chi connectivity index (χ1) is 11.0. The summed E-state index contributed by atoms with van der Waals surface area (Å²) in [7, 11) is 0. The van der Waals surface area contributed by atoms with Crippen molar-refractivity contribution in [3.63, 3.8) is 0 Å². The van der Waals surface area contributed by atoms with E-state index in [0.29, 0.717) is 24.5 Å². The second-order valence-corrected chi connectivity index (χ2v) is 6.09. The zero-order valence-corrected chi connectivity index (χ0v) is 14.5. The first kappa shape index (κ1) is 17.4. The highest BCUT2D eigenvalue weighted by Crippen LogP contribution is 2.23. The fraction of sp³-hybridized carbons (Fsp3) is 0.316. The number of carbonyl (C=O) groups is 1. The lowest BCUT2D eigenvalue weighted by atomic mass is 10.1. The van der Waals surface area contributed by atoms with Crippen LogP contribution in [0.5, 0.6) is 5.75 Å². The molecule has 4 heteroatoms. The molecular formula is C19H22ClNO2. The van der Waals surface area contributed by atoms with Crippen LogP contribution in [-0.2, 0) is 4.79 Å². The molecule has 0 atom stereocenters. The van der Waals surface area contributed by atoms with Gasteiger partial charge in [-0.1, -0.05) is 35.4 Å². The highest BCUT2D eigenvalue weighted by atomic mass is 35.5. The molecule has 2 rings (SSSR count). The minimum absolute atomic E-state index is 0.0282. The van der Waals surface area contributed by atoms with Gasteiger partial charge in [0.2, 0.25) is 5.91 Å². The van der Waals surface area contributed by atoms with Crippen LogP contribution in [-0.4, -0.2) is 12.5 Å². The monoisotopic (exact) mass is 331 g/mol. The van der Waals surface area contributed by atoms with Crippen LogP contribution in [0.3, 0.4) is 0 Å². The number of hydrogen-bond donors (Lipinski definition) is 1. The number of aryl methyl sites for hydroxylation is 2. The molecule has 1 amide bonds. The van der Waals surface area contributed by atoms with Crippen LogP contribution in [0.1, 0.15) is 29.5 Å². The predicted octanol–water partition coefficient (Wildman–Crippen LogP) is 5.06. The topological polar surface area (TPSA) is 38.3 Å². The zero-order valence-electron chi connectivity index (χ0n) is 13.8. The molecule has 23 heavy (non-hydrogen) atoms. The first-order valence-corrected chi connectivity index (χ1v) is 8.10. The molecule has 0 spiro atoms. The highest BCUT2D eigenvalue weighted by Gasteiger charge is 2.07. The quantitative estimate of drug-likeness (QED) is 0.751. The lowest BCUT2D eigenvalue weighted by molar-refractivity contribution is -0.116. The van der Waals surface area contributed by atoms with E-state index in [4.69, 9.17) is 16.3 Å². The fourth-order valence-electron chi connectivity index (χ4n) is 2.33. The van der Waals surface area contributed by atoms with Gasteiger partial charge < -0.3 is 10.1 Å². The molecule has 0 heterocycles. The van der Waals surface area contributed by atoms with Crippen molar-refractivity contribution in [2.24, 2.45) is 0 Å². The number of hydrogen-bond acceptors (Lipinski definition) is 2. The molecule has 0 saturated heterocycles. The Labute approximate surface area is 142 Å². The van der Waals surface area contributed by atoms with Crippen LogP contribution in [0.15, 0.2) is 36.4 Å². The molecule has 0 fully saturated rings. The molecule has 0 saturated carbocycles. The number of anilines is 1. The molecular weight excluding hydrogens is 310 g/mol. The highest BCUT2D eigenvalue weighted by molar-refractivity contribution is 6.31. The van der Waals surface area contributed by atoms with Crippen LogP contribution >= 0.6 is 11.6 Å². The number of nitrogens with one attached hydrogen (secondary N) is 1. The Morgan fingerprint density at radius 1 is 1.17 bits per heavy atom. The van der Waals surface area contributed by atoms with E-state index in [1.165, 1.54) is 5.56 Å². The van der Waals surface area contributed by atoms with Gasteiger partial charge in [-0.15, -0.1) is 0 Å². The summed E-state index contributed by atoms with van der Waals surface area (Å²) in [4.78, 5) is 12.0. The standard InChI is InChI=1S/C19H22ClNO2/c1-13-9-10-18(14(2)12-13)23-11-5-8-19(22)21-17-7-4-6-16(20)15(17)3/h4,6-7,9-10,12H,5,8,11H2,1-3H3,(H,21,22). The molecule has 0 bridgehead atoms. The van der Waals surface area contributed by atoms with E-state index in [-0.39, 0.29) is 5.91 Å². The maximum absolute atomic E-state index is 12.0. The van der Waals surface area contributed by atoms with Gasteiger partial charge in [-0.05, 0) is 56.5 Å². The lowest BCUT2D eigenvalue weighted by Crippen LogP contribution is -2.13. The predicted molar refractivity (Wildman–Crippen MR) is 95.5 cm³/mol. The maximum Gasteiger partial charge on any atom is 0.224 e. The molecule has 0 unspecified atom stereocenters. The molecule has 0 aromatic heterocycles. The van der Waals surface area contributed by atoms with Gasteiger partial charge in [0.25, 0.3) is 0 Å². The third-order valence-electron chi connectivity index (χ3n) is 3.68. The smallest absolute Gasteiger partial charge is 0.224 e. The van der Waals surface area contributed by atoms with E-state index >= 15 is 0 Å². The van der Waals surface area contributed by atoms with E-state index in [1.54, 1.807) is 0 Å². The molecule has 122 valence electrons. The van der Waals surface area contributed by atoms with Gasteiger partial charge in [-0.2, -0.15) is 0 Å². The largest absolute Gasteiger partial charge is 0.493 e. The fourth-order valence-corrected chi connectivity index (χ4v) is 2.51. The Kier molecular flexibility index (Phi) is 6.05. The Balaban J connectivity index is 1.78. The summed E-state index contributed by atoms with van der Waals surface area (Å²) in [5.74, 6) is 0.848.